The lowest BCUT2D eigenvalue weighted by molar-refractivity contribution is 0.227. The molecule has 5 nitrogen and oxygen atoms in total. The van der Waals surface area contributed by atoms with Crippen LogP contribution in [0, 0.1) is 0 Å². The lowest BCUT2D eigenvalue weighted by atomic mass is 10.4. The minimum Gasteiger partial charge on any atom is -0.396 e. The lowest BCUT2D eigenvalue weighted by Crippen LogP contribution is -2.38. The quantitative estimate of drug-likeness (QED) is 0.225. The molecule has 0 aliphatic carbocycles. The van der Waals surface area contributed by atoms with Crippen molar-refractivity contribution in [1.82, 2.24) is 5.01 Å². The van der Waals surface area contributed by atoms with Gasteiger partial charge in [-0.25, -0.2) is 5.84 Å². The maximum atomic E-state index is 8.47. The summed E-state index contributed by atoms with van der Waals surface area (Å²) in [6.07, 6.45) is 1.40. The Morgan fingerprint density at radius 3 is 2.45 bits per heavy atom. The number of rotatable bonds is 4. The first kappa shape index (κ1) is 9.80. The fourth-order valence-electron chi connectivity index (χ4n) is 0.499. The average molecular weight is 158 g/mol. The van der Waals surface area contributed by atoms with E-state index in [9.17, 15) is 0 Å². The highest BCUT2D eigenvalue weighted by Crippen LogP contribution is 1.94. The van der Waals surface area contributed by atoms with Crippen molar-refractivity contribution in [3.63, 3.8) is 0 Å². The van der Waals surface area contributed by atoms with E-state index in [4.69, 9.17) is 22.4 Å². The number of allylic oxidation sites excluding steroid dienone is 1. The summed E-state index contributed by atoms with van der Waals surface area (Å²) in [4.78, 5) is 0. The molecular weight excluding hydrogens is 144 g/mol. The van der Waals surface area contributed by atoms with Crippen molar-refractivity contribution in [3.05, 3.63) is 24.2 Å². The Labute approximate surface area is 65.7 Å². The van der Waals surface area contributed by atoms with Gasteiger partial charge in [0, 0.05) is 0 Å². The first-order valence-electron chi connectivity index (χ1n) is 3.14. The van der Waals surface area contributed by atoms with Gasteiger partial charge in [-0.15, -0.1) is 0 Å². The topological polar surface area (TPSA) is 102 Å². The molecule has 0 spiro atoms. The molecule has 11 heavy (non-hydrogen) atoms. The van der Waals surface area contributed by atoms with Crippen LogP contribution < -0.4 is 17.3 Å². The molecule has 0 aliphatic rings. The molecule has 0 heterocycles. The van der Waals surface area contributed by atoms with Gasteiger partial charge >= 0.3 is 0 Å². The fraction of sp³-hybridized carbons (Fsp3) is 0.333. The predicted molar refractivity (Wildman–Crippen MR) is 43.6 cm³/mol. The van der Waals surface area contributed by atoms with Crippen LogP contribution in [0.3, 0.4) is 0 Å². The van der Waals surface area contributed by atoms with Crippen LogP contribution in [0.4, 0.5) is 0 Å². The number of aliphatic hydroxyl groups is 1. The molecule has 0 amide bonds. The van der Waals surface area contributed by atoms with Gasteiger partial charge in [-0.3, -0.25) is 5.01 Å². The van der Waals surface area contributed by atoms with Crippen molar-refractivity contribution >= 4 is 0 Å². The van der Waals surface area contributed by atoms with E-state index in [1.165, 1.54) is 6.08 Å². The van der Waals surface area contributed by atoms with Gasteiger partial charge in [0.15, 0.2) is 0 Å². The first-order valence-corrected chi connectivity index (χ1v) is 3.14. The van der Waals surface area contributed by atoms with Crippen molar-refractivity contribution in [1.29, 1.82) is 0 Å². The van der Waals surface area contributed by atoms with Crippen molar-refractivity contribution in [2.24, 2.45) is 17.3 Å². The maximum absolute atomic E-state index is 8.47. The molecule has 5 heteroatoms. The monoisotopic (exact) mass is 158 g/mol. The summed E-state index contributed by atoms with van der Waals surface area (Å²) in [6, 6.07) is 0. The van der Waals surface area contributed by atoms with Crippen molar-refractivity contribution in [2.75, 3.05) is 13.2 Å². The molecule has 0 aliphatic heterocycles. The Hall–Kier alpha value is -1.20. The smallest absolute Gasteiger partial charge is 0.137 e. The maximum Gasteiger partial charge on any atom is 0.137 e. The molecule has 0 aromatic rings. The van der Waals surface area contributed by atoms with Gasteiger partial charge in [-0.05, 0) is 6.08 Å². The van der Waals surface area contributed by atoms with Crippen LogP contribution in [0.5, 0.6) is 0 Å². The Morgan fingerprint density at radius 2 is 2.09 bits per heavy atom. The van der Waals surface area contributed by atoms with Crippen LogP contribution in [0.2, 0.25) is 0 Å². The van der Waals surface area contributed by atoms with Crippen molar-refractivity contribution in [3.8, 4) is 0 Å². The van der Waals surface area contributed by atoms with Crippen molar-refractivity contribution < 1.29 is 5.11 Å². The highest BCUT2D eigenvalue weighted by atomic mass is 16.3. The van der Waals surface area contributed by atoms with Gasteiger partial charge < -0.3 is 16.6 Å². The molecule has 64 valence electrons. The van der Waals surface area contributed by atoms with Gasteiger partial charge in [-0.1, -0.05) is 6.58 Å². The molecule has 0 saturated carbocycles. The average Bonchev–Trinajstić information content (AvgIpc) is 2.02. The van der Waals surface area contributed by atoms with Crippen LogP contribution in [0.25, 0.3) is 0 Å². The van der Waals surface area contributed by atoms with Gasteiger partial charge in [-0.2, -0.15) is 0 Å². The molecule has 0 saturated heterocycles. The van der Waals surface area contributed by atoms with E-state index in [1.54, 1.807) is 0 Å². The highest BCUT2D eigenvalue weighted by molar-refractivity contribution is 5.16. The van der Waals surface area contributed by atoms with E-state index in [0.717, 1.165) is 5.01 Å². The summed E-state index contributed by atoms with van der Waals surface area (Å²) in [5.74, 6) is 5.58. The molecule has 0 bridgehead atoms. The first-order chi connectivity index (χ1) is 5.13. The lowest BCUT2D eigenvalue weighted by Gasteiger charge is -2.18. The number of hydrogen-bond donors (Lipinski definition) is 4. The van der Waals surface area contributed by atoms with E-state index in [2.05, 4.69) is 6.58 Å². The molecule has 0 aromatic heterocycles. The van der Waals surface area contributed by atoms with Gasteiger partial charge in [0.25, 0.3) is 0 Å². The van der Waals surface area contributed by atoms with Gasteiger partial charge in [0.05, 0.1) is 18.8 Å². The van der Waals surface area contributed by atoms with E-state index in [0.29, 0.717) is 5.70 Å². The molecule has 0 unspecified atom stereocenters. The van der Waals surface area contributed by atoms with Gasteiger partial charge in [0.2, 0.25) is 0 Å². The van der Waals surface area contributed by atoms with E-state index < -0.39 is 0 Å². The summed E-state index contributed by atoms with van der Waals surface area (Å²) in [5, 5.41) is 9.64. The minimum absolute atomic E-state index is 0.0678. The second-order valence-corrected chi connectivity index (χ2v) is 1.96. The normalized spacial score (nSPS) is 12.2. The highest BCUT2D eigenvalue weighted by Gasteiger charge is 2.01. The third-order valence-corrected chi connectivity index (χ3v) is 1.17. The van der Waals surface area contributed by atoms with Crippen LogP contribution in [0.15, 0.2) is 24.2 Å². The molecule has 0 radical (unpaired) electrons. The standard InChI is InChI=1S/C6H14N4O/c1-2-5(7)6(8)10(9)3-4-11/h2,11H,1,3-4,7-9H2/b6-5+. The number of nitrogens with two attached hydrogens (primary N) is 3. The van der Waals surface area contributed by atoms with Crippen LogP contribution in [0.1, 0.15) is 0 Å². The summed E-state index contributed by atoms with van der Waals surface area (Å²) in [6.45, 7) is 3.60. The Morgan fingerprint density at radius 1 is 1.55 bits per heavy atom. The number of hydrogen-bond acceptors (Lipinski definition) is 5. The van der Waals surface area contributed by atoms with Crippen LogP contribution in [-0.2, 0) is 0 Å². The second kappa shape index (κ2) is 4.59. The summed E-state index contributed by atoms with van der Waals surface area (Å²) < 4.78 is 0. The molecular formula is C6H14N4O. The third kappa shape index (κ3) is 2.92. The molecule has 0 atom stereocenters. The number of hydrazine groups is 1. The third-order valence-electron chi connectivity index (χ3n) is 1.17. The Bertz CT molecular complexity index is 166. The predicted octanol–water partition coefficient (Wildman–Crippen LogP) is -1.57. The number of nitrogens with zero attached hydrogens (tertiary/aromatic N) is 1. The van der Waals surface area contributed by atoms with Crippen LogP contribution in [-0.4, -0.2) is 23.3 Å². The zero-order valence-corrected chi connectivity index (χ0v) is 6.33. The van der Waals surface area contributed by atoms with E-state index >= 15 is 0 Å². The summed E-state index contributed by atoms with van der Waals surface area (Å²) in [5.41, 5.74) is 11.1. The van der Waals surface area contributed by atoms with Gasteiger partial charge in [0.1, 0.15) is 5.82 Å². The second-order valence-electron chi connectivity index (χ2n) is 1.96. The molecule has 0 rings (SSSR count). The zero-order valence-electron chi connectivity index (χ0n) is 6.33. The molecule has 0 fully saturated rings. The Balaban J connectivity index is 4.20. The fourth-order valence-corrected chi connectivity index (χ4v) is 0.499. The zero-order chi connectivity index (χ0) is 8.85. The largest absolute Gasteiger partial charge is 0.396 e. The van der Waals surface area contributed by atoms with Crippen molar-refractivity contribution in [2.45, 2.75) is 0 Å². The number of aliphatic hydroxyl groups excluding tert-OH is 1. The van der Waals surface area contributed by atoms with E-state index in [1.807, 2.05) is 0 Å². The Kier molecular flexibility index (Phi) is 4.09. The summed E-state index contributed by atoms with van der Waals surface area (Å²) in [7, 11) is 0. The molecule has 0 aromatic carbocycles. The minimum atomic E-state index is -0.0678. The molecule has 7 N–H and O–H groups in total. The summed E-state index contributed by atoms with van der Waals surface area (Å²) >= 11 is 0. The van der Waals surface area contributed by atoms with Crippen LogP contribution >= 0.6 is 0 Å². The van der Waals surface area contributed by atoms with E-state index in [-0.39, 0.29) is 19.0 Å². The SMILES string of the molecule is C=C/C(N)=C(/N)N(N)CCO.